The molecular weight excluding hydrogens is 352 g/mol. The van der Waals surface area contributed by atoms with Gasteiger partial charge in [-0.25, -0.2) is 4.79 Å². The van der Waals surface area contributed by atoms with Crippen LogP contribution in [0.25, 0.3) is 6.08 Å². The van der Waals surface area contributed by atoms with Gasteiger partial charge in [0, 0.05) is 22.2 Å². The van der Waals surface area contributed by atoms with Crippen molar-refractivity contribution in [2.24, 2.45) is 0 Å². The van der Waals surface area contributed by atoms with Gasteiger partial charge in [-0.2, -0.15) is 0 Å². The van der Waals surface area contributed by atoms with Gasteiger partial charge in [-0.05, 0) is 35.4 Å². The Labute approximate surface area is 137 Å². The third-order valence-electron chi connectivity index (χ3n) is 2.72. The van der Waals surface area contributed by atoms with Crippen molar-refractivity contribution in [2.45, 2.75) is 6.54 Å². The maximum Gasteiger partial charge on any atom is 0.319 e. The summed E-state index contributed by atoms with van der Waals surface area (Å²) in [7, 11) is 0. The molecule has 0 radical (unpaired) electrons. The molecule has 2 amide bonds. The Hall–Kier alpha value is -1.78. The molecule has 0 saturated heterocycles. The van der Waals surface area contributed by atoms with Crippen LogP contribution in [0.15, 0.2) is 59.2 Å². The second-order valence-corrected chi connectivity index (χ2v) is 5.60. The zero-order chi connectivity index (χ0) is 15.1. The van der Waals surface area contributed by atoms with E-state index in [1.54, 1.807) is 12.3 Å². The molecule has 3 nitrogen and oxygen atoms in total. The van der Waals surface area contributed by atoms with Gasteiger partial charge in [0.05, 0.1) is 0 Å². The highest BCUT2D eigenvalue weighted by Crippen LogP contribution is 2.16. The summed E-state index contributed by atoms with van der Waals surface area (Å²) in [5.74, 6) is 0. The van der Waals surface area contributed by atoms with Gasteiger partial charge in [-0.1, -0.05) is 57.9 Å². The number of nitrogens with one attached hydrogen (secondary N) is 2. The van der Waals surface area contributed by atoms with Gasteiger partial charge in [0.25, 0.3) is 0 Å². The SMILES string of the molecule is O=C(N/C=C/c1ccccc1Br)NCc1cccc(Cl)c1. The van der Waals surface area contributed by atoms with Crippen LogP contribution >= 0.6 is 27.5 Å². The van der Waals surface area contributed by atoms with E-state index in [0.717, 1.165) is 15.6 Å². The van der Waals surface area contributed by atoms with Crippen LogP contribution in [0.3, 0.4) is 0 Å². The average Bonchev–Trinajstić information content (AvgIpc) is 2.47. The molecule has 0 aliphatic carbocycles. The van der Waals surface area contributed by atoms with Crippen molar-refractivity contribution in [3.05, 3.63) is 75.4 Å². The Balaban J connectivity index is 1.81. The van der Waals surface area contributed by atoms with Gasteiger partial charge in [-0.3, -0.25) is 0 Å². The fourth-order valence-electron chi connectivity index (χ4n) is 1.70. The van der Waals surface area contributed by atoms with Crippen molar-refractivity contribution in [1.82, 2.24) is 10.6 Å². The Morgan fingerprint density at radius 1 is 1.19 bits per heavy atom. The van der Waals surface area contributed by atoms with E-state index in [4.69, 9.17) is 11.6 Å². The minimum absolute atomic E-state index is 0.265. The second kappa shape index (κ2) is 7.86. The van der Waals surface area contributed by atoms with Crippen LogP contribution < -0.4 is 10.6 Å². The van der Waals surface area contributed by atoms with Crippen LogP contribution in [0.1, 0.15) is 11.1 Å². The second-order valence-electron chi connectivity index (χ2n) is 4.31. The normalized spacial score (nSPS) is 10.6. The lowest BCUT2D eigenvalue weighted by atomic mass is 10.2. The number of carbonyl (C=O) groups is 1. The maximum absolute atomic E-state index is 11.7. The molecular formula is C16H14BrClN2O. The van der Waals surface area contributed by atoms with Gasteiger partial charge in [-0.15, -0.1) is 0 Å². The van der Waals surface area contributed by atoms with E-state index in [1.807, 2.05) is 48.5 Å². The number of hydrogen-bond acceptors (Lipinski definition) is 1. The molecule has 2 rings (SSSR count). The minimum Gasteiger partial charge on any atom is -0.334 e. The summed E-state index contributed by atoms with van der Waals surface area (Å²) in [4.78, 5) is 11.7. The first kappa shape index (κ1) is 15.6. The van der Waals surface area contributed by atoms with Gasteiger partial charge in [0.2, 0.25) is 0 Å². The summed E-state index contributed by atoms with van der Waals surface area (Å²) in [6.45, 7) is 0.426. The molecule has 0 bridgehead atoms. The standard InChI is InChI=1S/C16H14BrClN2O/c17-15-7-2-1-5-13(15)8-9-19-16(21)20-11-12-4-3-6-14(18)10-12/h1-10H,11H2,(H2,19,20,21)/b9-8+. The van der Waals surface area contributed by atoms with Crippen molar-refractivity contribution < 1.29 is 4.79 Å². The fraction of sp³-hybridized carbons (Fsp3) is 0.0625. The lowest BCUT2D eigenvalue weighted by Gasteiger charge is -2.05. The van der Waals surface area contributed by atoms with Crippen LogP contribution in [-0.4, -0.2) is 6.03 Å². The van der Waals surface area contributed by atoms with E-state index < -0.39 is 0 Å². The van der Waals surface area contributed by atoms with Crippen molar-refractivity contribution in [2.75, 3.05) is 0 Å². The molecule has 0 fully saturated rings. The molecule has 2 N–H and O–H groups in total. The first-order valence-corrected chi connectivity index (χ1v) is 7.52. The minimum atomic E-state index is -0.265. The quantitative estimate of drug-likeness (QED) is 0.818. The van der Waals surface area contributed by atoms with Crippen LogP contribution in [-0.2, 0) is 6.54 Å². The highest BCUT2D eigenvalue weighted by atomic mass is 79.9. The molecule has 21 heavy (non-hydrogen) atoms. The zero-order valence-electron chi connectivity index (χ0n) is 11.1. The van der Waals surface area contributed by atoms with E-state index >= 15 is 0 Å². The van der Waals surface area contributed by atoms with Crippen molar-refractivity contribution in [3.63, 3.8) is 0 Å². The number of amides is 2. The monoisotopic (exact) mass is 364 g/mol. The highest BCUT2D eigenvalue weighted by Gasteiger charge is 1.99. The third kappa shape index (κ3) is 5.25. The summed E-state index contributed by atoms with van der Waals surface area (Å²) in [6, 6.07) is 14.9. The largest absolute Gasteiger partial charge is 0.334 e. The summed E-state index contributed by atoms with van der Waals surface area (Å²) < 4.78 is 0.974. The topological polar surface area (TPSA) is 41.1 Å². The molecule has 0 aliphatic heterocycles. The molecule has 0 saturated carbocycles. The van der Waals surface area contributed by atoms with Crippen LogP contribution in [0.2, 0.25) is 5.02 Å². The number of urea groups is 1. The van der Waals surface area contributed by atoms with E-state index in [9.17, 15) is 4.79 Å². The number of rotatable bonds is 4. The van der Waals surface area contributed by atoms with Crippen LogP contribution in [0.5, 0.6) is 0 Å². The molecule has 0 unspecified atom stereocenters. The first-order chi connectivity index (χ1) is 10.1. The average molecular weight is 366 g/mol. The van der Waals surface area contributed by atoms with Crippen molar-refractivity contribution in [1.29, 1.82) is 0 Å². The maximum atomic E-state index is 11.7. The van der Waals surface area contributed by atoms with Crippen molar-refractivity contribution in [3.8, 4) is 0 Å². The van der Waals surface area contributed by atoms with E-state index in [2.05, 4.69) is 26.6 Å². The smallest absolute Gasteiger partial charge is 0.319 e. The predicted octanol–water partition coefficient (Wildman–Crippen LogP) is 4.57. The van der Waals surface area contributed by atoms with Crippen LogP contribution in [0, 0.1) is 0 Å². The Kier molecular flexibility index (Phi) is 5.84. The molecule has 2 aromatic carbocycles. The van der Waals surface area contributed by atoms with E-state index in [0.29, 0.717) is 11.6 Å². The lowest BCUT2D eigenvalue weighted by molar-refractivity contribution is 0.244. The highest BCUT2D eigenvalue weighted by molar-refractivity contribution is 9.10. The molecule has 0 spiro atoms. The summed E-state index contributed by atoms with van der Waals surface area (Å²) >= 11 is 9.32. The Bertz CT molecular complexity index is 658. The first-order valence-electron chi connectivity index (χ1n) is 6.35. The Morgan fingerprint density at radius 3 is 2.76 bits per heavy atom. The number of hydrogen-bond donors (Lipinski definition) is 2. The van der Waals surface area contributed by atoms with Crippen molar-refractivity contribution >= 4 is 39.6 Å². The number of benzene rings is 2. The van der Waals surface area contributed by atoms with Crippen LogP contribution in [0.4, 0.5) is 4.79 Å². The van der Waals surface area contributed by atoms with E-state index in [-0.39, 0.29) is 6.03 Å². The fourth-order valence-corrected chi connectivity index (χ4v) is 2.33. The third-order valence-corrected chi connectivity index (χ3v) is 3.68. The lowest BCUT2D eigenvalue weighted by Crippen LogP contribution is -2.31. The summed E-state index contributed by atoms with van der Waals surface area (Å²) in [5.41, 5.74) is 1.94. The predicted molar refractivity (Wildman–Crippen MR) is 90.0 cm³/mol. The van der Waals surface area contributed by atoms with Gasteiger partial charge in [0.1, 0.15) is 0 Å². The van der Waals surface area contributed by atoms with Gasteiger partial charge < -0.3 is 10.6 Å². The Morgan fingerprint density at radius 2 is 2.00 bits per heavy atom. The molecule has 5 heteroatoms. The molecule has 0 heterocycles. The van der Waals surface area contributed by atoms with Gasteiger partial charge in [0.15, 0.2) is 0 Å². The zero-order valence-corrected chi connectivity index (χ0v) is 13.5. The summed E-state index contributed by atoms with van der Waals surface area (Å²) in [5, 5.41) is 6.07. The molecule has 0 aromatic heterocycles. The molecule has 108 valence electrons. The summed E-state index contributed by atoms with van der Waals surface area (Å²) in [6.07, 6.45) is 3.43. The van der Waals surface area contributed by atoms with Gasteiger partial charge >= 0.3 is 6.03 Å². The number of halogens is 2. The molecule has 0 atom stereocenters. The molecule has 0 aliphatic rings. The number of carbonyl (C=O) groups excluding carboxylic acids is 1. The molecule has 2 aromatic rings. The van der Waals surface area contributed by atoms with E-state index in [1.165, 1.54) is 0 Å².